The van der Waals surface area contributed by atoms with Crippen molar-refractivity contribution in [3.63, 3.8) is 0 Å². The molecule has 0 atom stereocenters. The summed E-state index contributed by atoms with van der Waals surface area (Å²) in [7, 11) is -0.833. The van der Waals surface area contributed by atoms with Gasteiger partial charge in [-0.1, -0.05) is 84.9 Å². The maximum absolute atomic E-state index is 12.6. The molecule has 3 aromatic rings. The highest BCUT2D eigenvalue weighted by atomic mass is 31.1. The zero-order chi connectivity index (χ0) is 16.5. The van der Waals surface area contributed by atoms with Gasteiger partial charge in [-0.25, -0.2) is 4.57 Å². The molecule has 3 rings (SSSR count). The molecule has 0 aliphatic heterocycles. The SMILES string of the molecule is O=C(c1ccccc1)c1ccccc1-c1ccccc1.O=PO. The van der Waals surface area contributed by atoms with Crippen molar-refractivity contribution in [2.45, 2.75) is 0 Å². The zero-order valence-electron chi connectivity index (χ0n) is 12.3. The third-order valence-electron chi connectivity index (χ3n) is 3.29. The van der Waals surface area contributed by atoms with E-state index in [0.29, 0.717) is 0 Å². The molecule has 0 bridgehead atoms. The lowest BCUT2D eigenvalue weighted by molar-refractivity contribution is 0.103. The molecule has 0 fully saturated rings. The second kappa shape index (κ2) is 8.74. The molecule has 23 heavy (non-hydrogen) atoms. The summed E-state index contributed by atoms with van der Waals surface area (Å²) < 4.78 is 8.46. The smallest absolute Gasteiger partial charge is 0.310 e. The predicted octanol–water partition coefficient (Wildman–Crippen LogP) is 4.77. The van der Waals surface area contributed by atoms with Gasteiger partial charge >= 0.3 is 8.69 Å². The Morgan fingerprint density at radius 3 is 1.83 bits per heavy atom. The van der Waals surface area contributed by atoms with Crippen LogP contribution in [0.5, 0.6) is 0 Å². The van der Waals surface area contributed by atoms with Crippen LogP contribution < -0.4 is 0 Å². The Morgan fingerprint density at radius 2 is 1.22 bits per heavy atom. The molecule has 0 aliphatic rings. The lowest BCUT2D eigenvalue weighted by atomic mass is 9.94. The Kier molecular flexibility index (Phi) is 6.37. The van der Waals surface area contributed by atoms with Gasteiger partial charge in [0.1, 0.15) is 0 Å². The summed E-state index contributed by atoms with van der Waals surface area (Å²) in [6.07, 6.45) is 0. The minimum atomic E-state index is -0.833. The van der Waals surface area contributed by atoms with Gasteiger partial charge in [-0.2, -0.15) is 0 Å². The Morgan fingerprint density at radius 1 is 0.739 bits per heavy atom. The first-order valence-electron chi connectivity index (χ1n) is 6.99. The van der Waals surface area contributed by atoms with Crippen LogP contribution in [0.15, 0.2) is 84.9 Å². The fourth-order valence-corrected chi connectivity index (χ4v) is 2.30. The molecule has 114 valence electrons. The first-order chi connectivity index (χ1) is 11.3. The molecule has 3 aromatic carbocycles. The summed E-state index contributed by atoms with van der Waals surface area (Å²) in [6.45, 7) is 0. The first kappa shape index (κ1) is 16.8. The topological polar surface area (TPSA) is 54.4 Å². The molecule has 0 saturated carbocycles. The molecule has 0 aliphatic carbocycles. The minimum Gasteiger partial charge on any atom is -0.310 e. The molecular formula is C19H15O3P. The predicted molar refractivity (Wildman–Crippen MR) is 91.6 cm³/mol. The van der Waals surface area contributed by atoms with Crippen LogP contribution in [0.2, 0.25) is 0 Å². The highest BCUT2D eigenvalue weighted by Gasteiger charge is 2.13. The van der Waals surface area contributed by atoms with Crippen molar-refractivity contribution in [3.05, 3.63) is 96.1 Å². The summed E-state index contributed by atoms with van der Waals surface area (Å²) in [5.74, 6) is 0.0602. The lowest BCUT2D eigenvalue weighted by Crippen LogP contribution is -2.03. The van der Waals surface area contributed by atoms with E-state index < -0.39 is 8.69 Å². The third-order valence-corrected chi connectivity index (χ3v) is 3.29. The Bertz CT molecular complexity index is 771. The Hall–Kier alpha value is -2.61. The van der Waals surface area contributed by atoms with Crippen LogP contribution in [0.4, 0.5) is 0 Å². The van der Waals surface area contributed by atoms with Crippen LogP contribution >= 0.6 is 8.69 Å². The third kappa shape index (κ3) is 4.43. The monoisotopic (exact) mass is 322 g/mol. The molecule has 0 amide bonds. The maximum atomic E-state index is 12.6. The first-order valence-corrected chi connectivity index (χ1v) is 7.75. The van der Waals surface area contributed by atoms with E-state index >= 15 is 0 Å². The van der Waals surface area contributed by atoms with E-state index in [0.717, 1.165) is 22.3 Å². The summed E-state index contributed by atoms with van der Waals surface area (Å²) in [6, 6.07) is 27.1. The van der Waals surface area contributed by atoms with Crippen molar-refractivity contribution in [3.8, 4) is 11.1 Å². The maximum Gasteiger partial charge on any atom is 0.324 e. The van der Waals surface area contributed by atoms with Crippen molar-refractivity contribution in [2.24, 2.45) is 0 Å². The molecule has 0 saturated heterocycles. The largest absolute Gasteiger partial charge is 0.324 e. The van der Waals surface area contributed by atoms with Crippen molar-refractivity contribution in [2.75, 3.05) is 0 Å². The van der Waals surface area contributed by atoms with Crippen LogP contribution in [0.1, 0.15) is 15.9 Å². The average molecular weight is 322 g/mol. The van der Waals surface area contributed by atoms with E-state index in [4.69, 9.17) is 9.46 Å². The average Bonchev–Trinajstić information content (AvgIpc) is 2.63. The van der Waals surface area contributed by atoms with Crippen LogP contribution in [-0.4, -0.2) is 10.7 Å². The van der Waals surface area contributed by atoms with Gasteiger partial charge in [0.15, 0.2) is 5.78 Å². The number of rotatable bonds is 3. The van der Waals surface area contributed by atoms with E-state index in [9.17, 15) is 4.79 Å². The lowest BCUT2D eigenvalue weighted by Gasteiger charge is -2.09. The number of benzene rings is 3. The van der Waals surface area contributed by atoms with Crippen molar-refractivity contribution in [1.82, 2.24) is 0 Å². The fraction of sp³-hybridized carbons (Fsp3) is 0. The van der Waals surface area contributed by atoms with Crippen LogP contribution in [0, 0.1) is 0 Å². The van der Waals surface area contributed by atoms with Gasteiger partial charge < -0.3 is 4.89 Å². The number of hydrogen-bond acceptors (Lipinski definition) is 2. The van der Waals surface area contributed by atoms with E-state index in [1.54, 1.807) is 0 Å². The van der Waals surface area contributed by atoms with Gasteiger partial charge in [0.05, 0.1) is 0 Å². The van der Waals surface area contributed by atoms with Crippen molar-refractivity contribution in [1.29, 1.82) is 0 Å². The molecule has 0 aromatic heterocycles. The summed E-state index contributed by atoms with van der Waals surface area (Å²) >= 11 is 0. The Labute approximate surface area is 136 Å². The molecule has 0 radical (unpaired) electrons. The molecular weight excluding hydrogens is 307 g/mol. The van der Waals surface area contributed by atoms with E-state index in [2.05, 4.69) is 0 Å². The van der Waals surface area contributed by atoms with Crippen LogP contribution in [-0.2, 0) is 4.57 Å². The summed E-state index contributed by atoms with van der Waals surface area (Å²) in [5.41, 5.74) is 3.50. The van der Waals surface area contributed by atoms with Crippen molar-refractivity contribution >= 4 is 14.5 Å². The Balaban J connectivity index is 0.000000595. The molecule has 0 heterocycles. The fourth-order valence-electron chi connectivity index (χ4n) is 2.30. The molecule has 4 heteroatoms. The highest BCUT2D eigenvalue weighted by Crippen LogP contribution is 2.25. The van der Waals surface area contributed by atoms with Gasteiger partial charge in [-0.3, -0.25) is 4.79 Å². The molecule has 0 unspecified atom stereocenters. The number of ketones is 1. The second-order valence-corrected chi connectivity index (χ2v) is 4.85. The van der Waals surface area contributed by atoms with Gasteiger partial charge in [0, 0.05) is 11.1 Å². The highest BCUT2D eigenvalue weighted by molar-refractivity contribution is 7.16. The minimum absolute atomic E-state index is 0.0602. The number of carbonyl (C=O) groups excluding carboxylic acids is 1. The standard InChI is InChI=1S/C19H14O.HO2P/c20-19(16-11-5-2-6-12-16)18-14-8-7-13-17(18)15-9-3-1-4-10-15;1-3-2/h1-14H;(H,1,2). The molecule has 0 spiro atoms. The van der Waals surface area contributed by atoms with Gasteiger partial charge in [-0.15, -0.1) is 0 Å². The van der Waals surface area contributed by atoms with Gasteiger partial charge in [0.2, 0.25) is 0 Å². The number of hydrogen-bond donors (Lipinski definition) is 1. The second-order valence-electron chi connectivity index (χ2n) is 4.69. The summed E-state index contributed by atoms with van der Waals surface area (Å²) in [4.78, 5) is 19.6. The van der Waals surface area contributed by atoms with Gasteiger partial charge in [-0.05, 0) is 11.1 Å². The summed E-state index contributed by atoms with van der Waals surface area (Å²) in [5, 5.41) is 0. The van der Waals surface area contributed by atoms with E-state index in [1.165, 1.54) is 0 Å². The quantitative estimate of drug-likeness (QED) is 0.558. The van der Waals surface area contributed by atoms with Crippen LogP contribution in [0.25, 0.3) is 11.1 Å². The molecule has 1 N–H and O–H groups in total. The number of carbonyl (C=O) groups is 1. The van der Waals surface area contributed by atoms with Crippen LogP contribution in [0.3, 0.4) is 0 Å². The van der Waals surface area contributed by atoms with E-state index in [-0.39, 0.29) is 5.78 Å². The van der Waals surface area contributed by atoms with Gasteiger partial charge in [0.25, 0.3) is 0 Å². The molecule has 3 nitrogen and oxygen atoms in total. The zero-order valence-corrected chi connectivity index (χ0v) is 13.2. The van der Waals surface area contributed by atoms with E-state index in [1.807, 2.05) is 84.9 Å². The van der Waals surface area contributed by atoms with Crippen molar-refractivity contribution < 1.29 is 14.3 Å². The normalized spacial score (nSPS) is 9.78.